The standard InChI is InChI=1S/C24H37N2O3PS/c1-16-21(20-8-6-7-9-22(20)26(16)15-23(27)28)14-18-10-12-19(13-11-18)31(29,30)25-17(2)24(3,4)5/h10-13,17,31H,6-9,14-15,30H2,1-5H3,(H,25,29)(H,27,28). The van der Waals surface area contributed by atoms with E-state index in [1.807, 2.05) is 23.6 Å². The van der Waals surface area contributed by atoms with Gasteiger partial charge in [-0.3, -0.25) is 13.7 Å². The first-order valence-corrected chi connectivity index (χ1v) is 14.4. The molecular weight excluding hydrogens is 427 g/mol. The summed E-state index contributed by atoms with van der Waals surface area (Å²) >= 11 is 0. The highest BCUT2D eigenvalue weighted by atomic mass is 32.8. The van der Waals surface area contributed by atoms with E-state index in [4.69, 9.17) is 0 Å². The Bertz CT molecular complexity index is 1010. The summed E-state index contributed by atoms with van der Waals surface area (Å²) < 4.78 is 18.6. The van der Waals surface area contributed by atoms with Crippen molar-refractivity contribution < 1.29 is 14.1 Å². The Morgan fingerprint density at radius 1 is 1.23 bits per heavy atom. The molecule has 0 aliphatic heterocycles. The SMILES string of the molecule is Cc1c(Cc2ccc([SH](=O)(P)NC(C)C(C)(C)C)cc2)c2c(n1CC(=O)O)CCCC2. The molecule has 2 N–H and O–H groups in total. The maximum absolute atomic E-state index is 13.3. The Morgan fingerprint density at radius 2 is 1.84 bits per heavy atom. The van der Waals surface area contributed by atoms with Crippen molar-refractivity contribution in [2.45, 2.75) is 84.2 Å². The fourth-order valence-corrected chi connectivity index (χ4v) is 7.17. The van der Waals surface area contributed by atoms with Crippen molar-refractivity contribution in [1.82, 2.24) is 9.29 Å². The van der Waals surface area contributed by atoms with Gasteiger partial charge in [0.05, 0.1) is 0 Å². The fourth-order valence-electron chi connectivity index (χ4n) is 4.28. The number of hydrogen-bond donors (Lipinski definition) is 3. The molecule has 0 bridgehead atoms. The lowest BCUT2D eigenvalue weighted by molar-refractivity contribution is -0.137. The van der Waals surface area contributed by atoms with Crippen molar-refractivity contribution in [2.75, 3.05) is 0 Å². The number of thiol groups is 1. The molecule has 3 rings (SSSR count). The molecule has 1 aromatic carbocycles. The van der Waals surface area contributed by atoms with E-state index in [1.54, 1.807) is 0 Å². The lowest BCUT2D eigenvalue weighted by Crippen LogP contribution is -2.42. The third kappa shape index (κ3) is 5.47. The first kappa shape index (κ1) is 24.2. The van der Waals surface area contributed by atoms with Crippen molar-refractivity contribution in [2.24, 2.45) is 5.41 Å². The van der Waals surface area contributed by atoms with Gasteiger partial charge in [0.2, 0.25) is 0 Å². The number of carboxylic acid groups (broad SMARTS) is 1. The molecule has 1 aliphatic carbocycles. The summed E-state index contributed by atoms with van der Waals surface area (Å²) in [6.45, 7) is 10.5. The molecule has 7 heteroatoms. The Hall–Kier alpha value is -1.49. The molecular formula is C24H37N2O3PS. The number of nitrogens with zero attached hydrogens (tertiary/aromatic N) is 1. The molecule has 31 heavy (non-hydrogen) atoms. The number of rotatable bonds is 7. The predicted molar refractivity (Wildman–Crippen MR) is 132 cm³/mol. The molecule has 1 aromatic heterocycles. The summed E-state index contributed by atoms with van der Waals surface area (Å²) in [5, 5.41) is 9.36. The molecule has 0 saturated heterocycles. The van der Waals surface area contributed by atoms with Gasteiger partial charge in [-0.15, -0.1) is 0 Å². The lowest BCUT2D eigenvalue weighted by Gasteiger charge is -2.33. The smallest absolute Gasteiger partial charge is 0.323 e. The highest BCUT2D eigenvalue weighted by Crippen LogP contribution is 2.33. The topological polar surface area (TPSA) is 71.3 Å². The number of benzene rings is 1. The molecule has 0 saturated carbocycles. The number of fused-ring (bicyclic) bond motifs is 1. The number of carbonyl (C=O) groups is 1. The fraction of sp³-hybridized carbons (Fsp3) is 0.542. The van der Waals surface area contributed by atoms with Gasteiger partial charge in [0, 0.05) is 22.3 Å². The lowest BCUT2D eigenvalue weighted by atomic mass is 9.89. The van der Waals surface area contributed by atoms with Crippen LogP contribution in [0.4, 0.5) is 0 Å². The molecule has 0 amide bonds. The maximum Gasteiger partial charge on any atom is 0.323 e. The van der Waals surface area contributed by atoms with Gasteiger partial charge in [0.15, 0.2) is 0 Å². The minimum atomic E-state index is -2.74. The molecule has 2 aromatic rings. The van der Waals surface area contributed by atoms with Crippen LogP contribution in [0, 0.1) is 12.3 Å². The summed E-state index contributed by atoms with van der Waals surface area (Å²) in [6.07, 6.45) is 5.02. The number of hydrogen-bond acceptors (Lipinski definition) is 2. The number of aliphatic carboxylic acids is 1. The van der Waals surface area contributed by atoms with Crippen LogP contribution in [0.2, 0.25) is 0 Å². The highest BCUT2D eigenvalue weighted by Gasteiger charge is 2.25. The third-order valence-corrected chi connectivity index (χ3v) is 9.83. The Balaban J connectivity index is 1.84. The minimum Gasteiger partial charge on any atom is -0.480 e. The van der Waals surface area contributed by atoms with E-state index in [1.165, 1.54) is 16.8 Å². The molecule has 0 spiro atoms. The quantitative estimate of drug-likeness (QED) is 0.419. The van der Waals surface area contributed by atoms with Gasteiger partial charge in [-0.25, -0.2) is 0 Å². The van der Waals surface area contributed by atoms with Crippen molar-refractivity contribution in [3.05, 3.63) is 52.3 Å². The molecule has 5 nitrogen and oxygen atoms in total. The number of aromatic nitrogens is 1. The Morgan fingerprint density at radius 3 is 2.42 bits per heavy atom. The Kier molecular flexibility index (Phi) is 7.15. The van der Waals surface area contributed by atoms with E-state index in [0.29, 0.717) is 0 Å². The van der Waals surface area contributed by atoms with Crippen molar-refractivity contribution in [3.63, 3.8) is 0 Å². The van der Waals surface area contributed by atoms with Crippen LogP contribution in [0.25, 0.3) is 0 Å². The zero-order chi connectivity index (χ0) is 23.0. The van der Waals surface area contributed by atoms with E-state index in [-0.39, 0.29) is 18.0 Å². The first-order chi connectivity index (χ1) is 14.4. The van der Waals surface area contributed by atoms with Gasteiger partial charge in [0.1, 0.15) is 6.54 Å². The summed E-state index contributed by atoms with van der Waals surface area (Å²) in [5.41, 5.74) is 6.04. The molecule has 1 aliphatic rings. The normalized spacial score (nSPS) is 16.1. The van der Waals surface area contributed by atoms with Crippen LogP contribution in [-0.4, -0.2) is 25.9 Å². The number of carboxylic acids is 1. The van der Waals surface area contributed by atoms with E-state index >= 15 is 0 Å². The van der Waals surface area contributed by atoms with E-state index < -0.39 is 15.7 Å². The van der Waals surface area contributed by atoms with Gasteiger partial charge >= 0.3 is 5.97 Å². The highest BCUT2D eigenvalue weighted by molar-refractivity contribution is 8.44. The second-order valence-corrected chi connectivity index (χ2v) is 14.2. The average Bonchev–Trinajstić information content (AvgIpc) is 2.93. The van der Waals surface area contributed by atoms with E-state index in [9.17, 15) is 14.1 Å². The van der Waals surface area contributed by atoms with Gasteiger partial charge in [-0.1, -0.05) is 32.9 Å². The second kappa shape index (κ2) is 9.17. The Labute approximate surface area is 189 Å². The molecule has 2 unspecified atom stereocenters. The van der Waals surface area contributed by atoms with Crippen LogP contribution in [0.3, 0.4) is 0 Å². The molecule has 2 atom stereocenters. The zero-order valence-corrected chi connectivity index (χ0v) is 21.4. The zero-order valence-electron chi connectivity index (χ0n) is 19.4. The van der Waals surface area contributed by atoms with E-state index in [2.05, 4.69) is 53.0 Å². The molecule has 172 valence electrons. The van der Waals surface area contributed by atoms with Gasteiger partial charge in [0.25, 0.3) is 0 Å². The largest absolute Gasteiger partial charge is 0.480 e. The summed E-state index contributed by atoms with van der Waals surface area (Å²) in [6, 6.07) is 8.14. The van der Waals surface area contributed by atoms with Crippen LogP contribution in [0.15, 0.2) is 29.2 Å². The monoisotopic (exact) mass is 464 g/mol. The van der Waals surface area contributed by atoms with Crippen LogP contribution in [-0.2, 0) is 40.3 Å². The van der Waals surface area contributed by atoms with Crippen LogP contribution in [0.5, 0.6) is 0 Å². The van der Waals surface area contributed by atoms with E-state index in [0.717, 1.165) is 48.3 Å². The average molecular weight is 465 g/mol. The van der Waals surface area contributed by atoms with Crippen molar-refractivity contribution >= 4 is 24.1 Å². The predicted octanol–water partition coefficient (Wildman–Crippen LogP) is 4.46. The molecule has 0 fully saturated rings. The summed E-state index contributed by atoms with van der Waals surface area (Å²) in [7, 11) is -0.209. The van der Waals surface area contributed by atoms with Crippen molar-refractivity contribution in [1.29, 1.82) is 0 Å². The summed E-state index contributed by atoms with van der Waals surface area (Å²) in [5.74, 6) is -0.796. The van der Waals surface area contributed by atoms with Crippen LogP contribution < -0.4 is 4.72 Å². The third-order valence-electron chi connectivity index (χ3n) is 6.65. The van der Waals surface area contributed by atoms with Gasteiger partial charge in [-0.05, 0) is 98.4 Å². The first-order valence-electron chi connectivity index (χ1n) is 11.1. The van der Waals surface area contributed by atoms with Gasteiger partial charge < -0.3 is 9.67 Å². The number of nitrogens with one attached hydrogen (secondary N) is 1. The molecule has 0 radical (unpaired) electrons. The minimum absolute atomic E-state index is 0.0197. The maximum atomic E-state index is 13.3. The van der Waals surface area contributed by atoms with Gasteiger partial charge in [-0.2, -0.15) is 0 Å². The second-order valence-electron chi connectivity index (χ2n) is 9.89. The van der Waals surface area contributed by atoms with Crippen LogP contribution in [0.1, 0.15) is 68.6 Å². The van der Waals surface area contributed by atoms with Crippen LogP contribution >= 0.6 is 8.44 Å². The molecule has 1 heterocycles. The van der Waals surface area contributed by atoms with Crippen molar-refractivity contribution in [3.8, 4) is 0 Å². The summed E-state index contributed by atoms with van der Waals surface area (Å²) in [4.78, 5) is 12.2.